The molecule has 0 atom stereocenters. The van der Waals surface area contributed by atoms with Gasteiger partial charge in [0.25, 0.3) is 0 Å². The zero-order valence-corrected chi connectivity index (χ0v) is 11.3. The standard InChI is InChI=1S/C17H20O/c1-4-17(2,3)18-13-12-15-10-7-9-14-8-5-6-11-16(14)15/h5-13H,4H2,1-3H3. The molecule has 2 aromatic carbocycles. The van der Waals surface area contributed by atoms with Gasteiger partial charge in [-0.25, -0.2) is 0 Å². The van der Waals surface area contributed by atoms with Gasteiger partial charge in [-0.3, -0.25) is 0 Å². The zero-order valence-electron chi connectivity index (χ0n) is 11.3. The molecule has 2 aromatic rings. The second-order valence-corrected chi connectivity index (χ2v) is 5.10. The van der Waals surface area contributed by atoms with Crippen molar-refractivity contribution in [1.29, 1.82) is 0 Å². The smallest absolute Gasteiger partial charge is 0.102 e. The normalized spacial score (nSPS) is 12.2. The summed E-state index contributed by atoms with van der Waals surface area (Å²) in [6.45, 7) is 6.33. The Morgan fingerprint density at radius 3 is 2.56 bits per heavy atom. The first-order valence-electron chi connectivity index (χ1n) is 6.44. The van der Waals surface area contributed by atoms with E-state index in [0.29, 0.717) is 0 Å². The first-order chi connectivity index (χ1) is 8.62. The van der Waals surface area contributed by atoms with Crippen LogP contribution in [0.15, 0.2) is 48.7 Å². The van der Waals surface area contributed by atoms with Crippen molar-refractivity contribution in [2.24, 2.45) is 0 Å². The van der Waals surface area contributed by atoms with Gasteiger partial charge in [0.05, 0.1) is 6.26 Å². The maximum Gasteiger partial charge on any atom is 0.102 e. The summed E-state index contributed by atoms with van der Waals surface area (Å²) in [6.07, 6.45) is 4.85. The summed E-state index contributed by atoms with van der Waals surface area (Å²) in [5.74, 6) is 0. The Balaban J connectivity index is 2.24. The van der Waals surface area contributed by atoms with Crippen LogP contribution in [0.5, 0.6) is 0 Å². The van der Waals surface area contributed by atoms with Gasteiger partial charge < -0.3 is 4.74 Å². The number of rotatable bonds is 4. The van der Waals surface area contributed by atoms with Crippen LogP contribution in [0.2, 0.25) is 0 Å². The van der Waals surface area contributed by atoms with E-state index in [1.807, 2.05) is 12.3 Å². The number of ether oxygens (including phenoxy) is 1. The summed E-state index contributed by atoms with van der Waals surface area (Å²) in [5, 5.41) is 2.52. The van der Waals surface area contributed by atoms with E-state index >= 15 is 0 Å². The van der Waals surface area contributed by atoms with E-state index < -0.39 is 0 Å². The summed E-state index contributed by atoms with van der Waals surface area (Å²) in [4.78, 5) is 0. The number of fused-ring (bicyclic) bond motifs is 1. The lowest BCUT2D eigenvalue weighted by Gasteiger charge is -2.21. The van der Waals surface area contributed by atoms with Crippen LogP contribution in [0.25, 0.3) is 16.8 Å². The van der Waals surface area contributed by atoms with Crippen molar-refractivity contribution in [2.45, 2.75) is 32.8 Å². The molecule has 0 bridgehead atoms. The maximum atomic E-state index is 5.75. The van der Waals surface area contributed by atoms with Gasteiger partial charge in [-0.2, -0.15) is 0 Å². The molecule has 1 nitrogen and oxygen atoms in total. The predicted octanol–water partition coefficient (Wildman–Crippen LogP) is 5.02. The Hall–Kier alpha value is -1.76. The van der Waals surface area contributed by atoms with Gasteiger partial charge in [0.1, 0.15) is 5.60 Å². The van der Waals surface area contributed by atoms with Crippen LogP contribution >= 0.6 is 0 Å². The van der Waals surface area contributed by atoms with Crippen molar-refractivity contribution < 1.29 is 4.74 Å². The first kappa shape index (κ1) is 12.7. The van der Waals surface area contributed by atoms with E-state index in [0.717, 1.165) is 6.42 Å². The average molecular weight is 240 g/mol. The Bertz CT molecular complexity index is 547. The highest BCUT2D eigenvalue weighted by Gasteiger charge is 2.13. The van der Waals surface area contributed by atoms with Crippen LogP contribution in [-0.4, -0.2) is 5.60 Å². The second kappa shape index (κ2) is 5.26. The van der Waals surface area contributed by atoms with Crippen molar-refractivity contribution in [3.8, 4) is 0 Å². The third-order valence-electron chi connectivity index (χ3n) is 3.31. The quantitative estimate of drug-likeness (QED) is 0.682. The third kappa shape index (κ3) is 2.92. The highest BCUT2D eigenvalue weighted by molar-refractivity contribution is 5.90. The monoisotopic (exact) mass is 240 g/mol. The van der Waals surface area contributed by atoms with Gasteiger partial charge in [-0.05, 0) is 42.7 Å². The van der Waals surface area contributed by atoms with E-state index in [1.54, 1.807) is 0 Å². The molecular formula is C17H20O. The minimum absolute atomic E-state index is 0.0961. The van der Waals surface area contributed by atoms with Crippen molar-refractivity contribution in [2.75, 3.05) is 0 Å². The van der Waals surface area contributed by atoms with Crippen molar-refractivity contribution in [3.05, 3.63) is 54.3 Å². The third-order valence-corrected chi connectivity index (χ3v) is 3.31. The van der Waals surface area contributed by atoms with E-state index in [9.17, 15) is 0 Å². The van der Waals surface area contributed by atoms with Crippen LogP contribution < -0.4 is 0 Å². The fourth-order valence-electron chi connectivity index (χ4n) is 1.77. The molecule has 0 radical (unpaired) electrons. The van der Waals surface area contributed by atoms with Crippen LogP contribution in [0.4, 0.5) is 0 Å². The maximum absolute atomic E-state index is 5.75. The molecule has 0 aliphatic carbocycles. The van der Waals surface area contributed by atoms with Crippen LogP contribution in [0.1, 0.15) is 32.8 Å². The van der Waals surface area contributed by atoms with Gasteiger partial charge >= 0.3 is 0 Å². The molecule has 0 aromatic heterocycles. The summed E-state index contributed by atoms with van der Waals surface area (Å²) < 4.78 is 5.75. The SMILES string of the molecule is CCC(C)(C)OC=Cc1cccc2ccccc12. The lowest BCUT2D eigenvalue weighted by atomic mass is 10.0. The van der Waals surface area contributed by atoms with Crippen molar-refractivity contribution in [3.63, 3.8) is 0 Å². The van der Waals surface area contributed by atoms with E-state index in [4.69, 9.17) is 4.74 Å². The molecule has 0 spiro atoms. The largest absolute Gasteiger partial charge is 0.495 e. The van der Waals surface area contributed by atoms with Gasteiger partial charge in [-0.15, -0.1) is 0 Å². The fraction of sp³-hybridized carbons (Fsp3) is 0.294. The van der Waals surface area contributed by atoms with Gasteiger partial charge in [0.15, 0.2) is 0 Å². The number of hydrogen-bond donors (Lipinski definition) is 0. The molecule has 0 amide bonds. The van der Waals surface area contributed by atoms with E-state index in [2.05, 4.69) is 63.2 Å². The van der Waals surface area contributed by atoms with Crippen LogP contribution in [-0.2, 0) is 4.74 Å². The summed E-state index contributed by atoms with van der Waals surface area (Å²) in [5.41, 5.74) is 1.10. The Kier molecular flexibility index (Phi) is 3.71. The number of hydrogen-bond acceptors (Lipinski definition) is 1. The summed E-state index contributed by atoms with van der Waals surface area (Å²) >= 11 is 0. The summed E-state index contributed by atoms with van der Waals surface area (Å²) in [7, 11) is 0. The Morgan fingerprint density at radius 1 is 1.06 bits per heavy atom. The molecule has 2 rings (SSSR count). The highest BCUT2D eigenvalue weighted by atomic mass is 16.5. The molecule has 0 saturated heterocycles. The molecule has 0 aliphatic heterocycles. The molecule has 0 aliphatic rings. The topological polar surface area (TPSA) is 9.23 Å². The second-order valence-electron chi connectivity index (χ2n) is 5.10. The fourth-order valence-corrected chi connectivity index (χ4v) is 1.77. The molecule has 0 saturated carbocycles. The van der Waals surface area contributed by atoms with Gasteiger partial charge in [0, 0.05) is 0 Å². The molecular weight excluding hydrogens is 220 g/mol. The Labute approximate surface area is 109 Å². The summed E-state index contributed by atoms with van der Waals surface area (Å²) in [6, 6.07) is 14.7. The predicted molar refractivity (Wildman–Crippen MR) is 78.4 cm³/mol. The van der Waals surface area contributed by atoms with Gasteiger partial charge in [0.2, 0.25) is 0 Å². The number of benzene rings is 2. The van der Waals surface area contributed by atoms with Crippen molar-refractivity contribution >= 4 is 16.8 Å². The van der Waals surface area contributed by atoms with Gasteiger partial charge in [-0.1, -0.05) is 49.4 Å². The Morgan fingerprint density at radius 2 is 1.78 bits per heavy atom. The van der Waals surface area contributed by atoms with E-state index in [1.165, 1.54) is 16.3 Å². The van der Waals surface area contributed by atoms with Crippen molar-refractivity contribution in [1.82, 2.24) is 0 Å². The molecule has 94 valence electrons. The molecule has 0 heterocycles. The minimum Gasteiger partial charge on any atom is -0.495 e. The molecule has 18 heavy (non-hydrogen) atoms. The molecule has 0 fully saturated rings. The van der Waals surface area contributed by atoms with Crippen LogP contribution in [0, 0.1) is 0 Å². The average Bonchev–Trinajstić information content (AvgIpc) is 2.39. The molecule has 0 unspecified atom stereocenters. The highest BCUT2D eigenvalue weighted by Crippen LogP contribution is 2.20. The van der Waals surface area contributed by atoms with E-state index in [-0.39, 0.29) is 5.60 Å². The van der Waals surface area contributed by atoms with Crippen LogP contribution in [0.3, 0.4) is 0 Å². The minimum atomic E-state index is -0.0961. The first-order valence-corrected chi connectivity index (χ1v) is 6.44. The zero-order chi connectivity index (χ0) is 13.0. The molecule has 1 heteroatoms. The lowest BCUT2D eigenvalue weighted by molar-refractivity contribution is 0.0557. The lowest BCUT2D eigenvalue weighted by Crippen LogP contribution is -2.19. The molecule has 0 N–H and O–H groups in total.